The first-order valence-electron chi connectivity index (χ1n) is 12.4. The van der Waals surface area contributed by atoms with Gasteiger partial charge in [0.15, 0.2) is 11.0 Å². The molecule has 1 amide bonds. The molecule has 3 aromatic heterocycles. The number of nitrogens with zero attached hydrogens (tertiary/aromatic N) is 3. The number of methoxy groups -OCH3 is 2. The molecule has 0 saturated heterocycles. The minimum atomic E-state index is -0.514. The maximum atomic E-state index is 13.0. The molecule has 5 rings (SSSR count). The van der Waals surface area contributed by atoms with Crippen molar-refractivity contribution in [2.45, 2.75) is 37.4 Å². The molecule has 0 aliphatic heterocycles. The first-order valence-corrected chi connectivity index (χ1v) is 15.2. The van der Waals surface area contributed by atoms with Crippen molar-refractivity contribution in [3.8, 4) is 28.3 Å². The molecule has 0 bridgehead atoms. The van der Waals surface area contributed by atoms with Gasteiger partial charge in [0, 0.05) is 33.3 Å². The van der Waals surface area contributed by atoms with E-state index in [0.29, 0.717) is 33.6 Å². The predicted octanol–water partition coefficient (Wildman–Crippen LogP) is 6.33. The number of amides is 1. The molecule has 39 heavy (non-hydrogen) atoms. The number of aryl methyl sites for hydroxylation is 1. The summed E-state index contributed by atoms with van der Waals surface area (Å²) in [5.74, 6) is 0.862. The Bertz CT molecular complexity index is 1500. The lowest BCUT2D eigenvalue weighted by Crippen LogP contribution is -2.16. The highest BCUT2D eigenvalue weighted by Crippen LogP contribution is 2.38. The number of esters is 1. The zero-order valence-electron chi connectivity index (χ0n) is 21.7. The molecule has 0 saturated carbocycles. The van der Waals surface area contributed by atoms with E-state index in [-0.39, 0.29) is 11.7 Å². The van der Waals surface area contributed by atoms with Gasteiger partial charge in [-0.2, -0.15) is 0 Å². The topological polar surface area (TPSA) is 95.3 Å². The molecule has 0 spiro atoms. The van der Waals surface area contributed by atoms with Crippen LogP contribution in [0.15, 0.2) is 52.8 Å². The molecular weight excluding hydrogens is 553 g/mol. The molecule has 0 radical (unpaired) electrons. The highest BCUT2D eigenvalue weighted by molar-refractivity contribution is 7.99. The van der Waals surface area contributed by atoms with Crippen LogP contribution in [0.5, 0.6) is 5.75 Å². The number of nitrogens with one attached hydrogen (secondary N) is 1. The summed E-state index contributed by atoms with van der Waals surface area (Å²) < 4.78 is 12.3. The van der Waals surface area contributed by atoms with Crippen molar-refractivity contribution >= 4 is 51.3 Å². The molecule has 11 heteroatoms. The van der Waals surface area contributed by atoms with E-state index >= 15 is 0 Å². The molecule has 1 aliphatic rings. The summed E-state index contributed by atoms with van der Waals surface area (Å²) in [6, 6.07) is 7.37. The maximum Gasteiger partial charge on any atom is 0.341 e. The summed E-state index contributed by atoms with van der Waals surface area (Å²) in [6.07, 6.45) is 6.40. The number of allylic oxidation sites excluding steroid dienone is 1. The lowest BCUT2D eigenvalue weighted by Gasteiger charge is -2.13. The molecule has 1 aromatic carbocycles. The number of fused-ring (bicyclic) bond motifs is 1. The lowest BCUT2D eigenvalue weighted by molar-refractivity contribution is -0.113. The Hall–Kier alpha value is -3.41. The number of carbonyl (C=O) groups excluding carboxylic acids is 2. The Morgan fingerprint density at radius 1 is 1.10 bits per heavy atom. The Labute approximate surface area is 239 Å². The minimum Gasteiger partial charge on any atom is -0.497 e. The highest BCUT2D eigenvalue weighted by atomic mass is 32.2. The lowest BCUT2D eigenvalue weighted by atomic mass is 9.95. The van der Waals surface area contributed by atoms with Gasteiger partial charge < -0.3 is 14.8 Å². The fourth-order valence-electron chi connectivity index (χ4n) is 4.60. The first-order chi connectivity index (χ1) is 19.0. The van der Waals surface area contributed by atoms with Crippen LogP contribution in [0.25, 0.3) is 22.5 Å². The summed E-state index contributed by atoms with van der Waals surface area (Å²) in [6.45, 7) is 4.44. The Morgan fingerprint density at radius 2 is 1.87 bits per heavy atom. The summed E-state index contributed by atoms with van der Waals surface area (Å²) in [7, 11) is 2.93. The van der Waals surface area contributed by atoms with E-state index < -0.39 is 5.97 Å². The number of hydrogen-bond acceptors (Lipinski definition) is 9. The number of ether oxygens (including phenoxy) is 2. The summed E-state index contributed by atoms with van der Waals surface area (Å²) in [5.41, 5.74) is 4.34. The van der Waals surface area contributed by atoms with E-state index in [4.69, 9.17) is 9.47 Å². The maximum absolute atomic E-state index is 13.0. The molecule has 1 N–H and O–H groups in total. The zero-order valence-corrected chi connectivity index (χ0v) is 24.1. The second-order valence-corrected chi connectivity index (χ2v) is 11.7. The van der Waals surface area contributed by atoms with Gasteiger partial charge in [-0.25, -0.2) is 4.79 Å². The first kappa shape index (κ1) is 27.2. The van der Waals surface area contributed by atoms with Crippen LogP contribution in [0.1, 0.15) is 33.6 Å². The average molecular weight is 581 g/mol. The highest BCUT2D eigenvalue weighted by Gasteiger charge is 2.24. The molecule has 1 aliphatic carbocycles. The van der Waals surface area contributed by atoms with Gasteiger partial charge in [-0.15, -0.1) is 39.4 Å². The van der Waals surface area contributed by atoms with Crippen molar-refractivity contribution in [3.63, 3.8) is 0 Å². The Kier molecular flexibility index (Phi) is 8.49. The zero-order chi connectivity index (χ0) is 27.4. The van der Waals surface area contributed by atoms with E-state index in [2.05, 4.69) is 27.5 Å². The van der Waals surface area contributed by atoms with Crippen molar-refractivity contribution in [1.29, 1.82) is 0 Å². The van der Waals surface area contributed by atoms with Crippen LogP contribution in [0.2, 0.25) is 0 Å². The smallest absolute Gasteiger partial charge is 0.341 e. The van der Waals surface area contributed by atoms with Gasteiger partial charge in [0.2, 0.25) is 5.91 Å². The largest absolute Gasteiger partial charge is 0.497 e. The van der Waals surface area contributed by atoms with Crippen molar-refractivity contribution in [1.82, 2.24) is 14.8 Å². The quantitative estimate of drug-likeness (QED) is 0.133. The molecule has 8 nitrogen and oxygen atoms in total. The van der Waals surface area contributed by atoms with Crippen LogP contribution < -0.4 is 10.1 Å². The summed E-state index contributed by atoms with van der Waals surface area (Å²) >= 11 is 4.38. The second-order valence-electron chi connectivity index (χ2n) is 8.87. The molecular formula is C28H28N4O4S3. The summed E-state index contributed by atoms with van der Waals surface area (Å²) in [4.78, 5) is 27.1. The van der Waals surface area contributed by atoms with Gasteiger partial charge in [0.05, 0.1) is 20.0 Å². The van der Waals surface area contributed by atoms with Crippen LogP contribution in [-0.4, -0.2) is 46.6 Å². The number of thiophene rings is 2. The second kappa shape index (κ2) is 12.2. The minimum absolute atomic E-state index is 0.105. The van der Waals surface area contributed by atoms with Gasteiger partial charge in [0.25, 0.3) is 0 Å². The van der Waals surface area contributed by atoms with E-state index in [1.54, 1.807) is 18.4 Å². The van der Waals surface area contributed by atoms with Gasteiger partial charge in [-0.1, -0.05) is 30.0 Å². The third-order valence-corrected chi connectivity index (χ3v) is 9.45. The van der Waals surface area contributed by atoms with Gasteiger partial charge in [-0.05, 0) is 48.9 Å². The van der Waals surface area contributed by atoms with Gasteiger partial charge in [0.1, 0.15) is 16.3 Å². The number of thioether (sulfide) groups is 1. The Morgan fingerprint density at radius 3 is 2.62 bits per heavy atom. The monoisotopic (exact) mass is 580 g/mol. The van der Waals surface area contributed by atoms with Gasteiger partial charge >= 0.3 is 5.97 Å². The standard InChI is InChI=1S/C28H28N4O4S3/c1-4-13-32-25(21-15-37-22-8-6-5-7-19(21)22)30-31-28(32)39-16-23(33)29-26-24(27(34)36-3)20(14-38-26)17-9-11-18(35-2)12-10-17/h4,9-12,14-15H,1,5-8,13,16H2,2-3H3,(H,29,33). The third-order valence-electron chi connectivity index (χ3n) is 6.50. The molecule has 0 fully saturated rings. The van der Waals surface area contributed by atoms with Crippen molar-refractivity contribution < 1.29 is 19.1 Å². The van der Waals surface area contributed by atoms with Crippen LogP contribution >= 0.6 is 34.4 Å². The molecule has 4 aromatic rings. The number of carbonyl (C=O) groups is 2. The fourth-order valence-corrected chi connectivity index (χ4v) is 7.45. The van der Waals surface area contributed by atoms with Crippen LogP contribution in [-0.2, 0) is 28.9 Å². The fraction of sp³-hybridized carbons (Fsp3) is 0.286. The van der Waals surface area contributed by atoms with Crippen molar-refractivity contribution in [2.24, 2.45) is 0 Å². The molecule has 0 unspecified atom stereocenters. The average Bonchev–Trinajstić information content (AvgIpc) is 3.68. The third kappa shape index (κ3) is 5.66. The Balaban J connectivity index is 1.33. The van der Waals surface area contributed by atoms with Crippen molar-refractivity contribution in [2.75, 3.05) is 25.3 Å². The van der Waals surface area contributed by atoms with E-state index in [1.807, 2.05) is 40.3 Å². The number of hydrogen-bond donors (Lipinski definition) is 1. The van der Waals surface area contributed by atoms with Crippen molar-refractivity contribution in [3.05, 3.63) is 63.7 Å². The van der Waals surface area contributed by atoms with E-state index in [0.717, 1.165) is 29.8 Å². The normalized spacial score (nSPS) is 12.6. The van der Waals surface area contributed by atoms with E-state index in [9.17, 15) is 9.59 Å². The number of anilines is 1. The van der Waals surface area contributed by atoms with Crippen LogP contribution in [0, 0.1) is 0 Å². The SMILES string of the molecule is C=CCn1c(SCC(=O)Nc2scc(-c3ccc(OC)cc3)c2C(=O)OC)nnc1-c1csc2c1CCCC2. The molecule has 0 atom stereocenters. The van der Waals surface area contributed by atoms with Crippen LogP contribution in [0.3, 0.4) is 0 Å². The molecule has 3 heterocycles. The van der Waals surface area contributed by atoms with Crippen LogP contribution in [0.4, 0.5) is 5.00 Å². The molecule has 202 valence electrons. The predicted molar refractivity (Wildman–Crippen MR) is 157 cm³/mol. The number of benzene rings is 1. The number of aromatic nitrogens is 3. The van der Waals surface area contributed by atoms with E-state index in [1.165, 1.54) is 53.5 Å². The summed E-state index contributed by atoms with van der Waals surface area (Å²) in [5, 5.41) is 16.9. The van der Waals surface area contributed by atoms with Gasteiger partial charge in [-0.3, -0.25) is 9.36 Å². The number of rotatable bonds is 10.